The number of unbranched alkanes of at least 4 members (excludes halogenated alkanes) is 4. The predicted octanol–water partition coefficient (Wildman–Crippen LogP) is 6.85. The van der Waals surface area contributed by atoms with Crippen LogP contribution in [0.4, 0.5) is 10.5 Å². The number of hydrazine groups is 1. The Morgan fingerprint density at radius 3 is 2.30 bits per heavy atom. The maximum atomic E-state index is 13.2. The number of rotatable bonds is 17. The number of para-hydroxylation sites is 1. The molecule has 1 unspecified atom stereocenters. The summed E-state index contributed by atoms with van der Waals surface area (Å²) in [4.78, 5) is 32.3. The molecule has 210 valence electrons. The van der Waals surface area contributed by atoms with Crippen molar-refractivity contribution in [2.75, 3.05) is 37.3 Å². The fourth-order valence-corrected chi connectivity index (χ4v) is 4.85. The summed E-state index contributed by atoms with van der Waals surface area (Å²) >= 11 is 1.65. The fraction of sp³-hybridized carbons (Fsp3) is 0.690. The van der Waals surface area contributed by atoms with Crippen LogP contribution in [0.25, 0.3) is 0 Å². The zero-order chi connectivity index (χ0) is 27.3. The van der Waals surface area contributed by atoms with Crippen molar-refractivity contribution in [3.8, 4) is 0 Å². The molecule has 0 saturated heterocycles. The largest absolute Gasteiger partial charge is 0.337 e. The molecule has 8 heteroatoms. The molecule has 7 nitrogen and oxygen atoms in total. The van der Waals surface area contributed by atoms with Gasteiger partial charge in [0.05, 0.1) is 0 Å². The summed E-state index contributed by atoms with van der Waals surface area (Å²) < 4.78 is 0. The molecule has 0 heterocycles. The van der Waals surface area contributed by atoms with Crippen molar-refractivity contribution in [2.24, 2.45) is 10.9 Å². The first-order valence-corrected chi connectivity index (χ1v) is 15.3. The minimum atomic E-state index is -0.183. The maximum Gasteiger partial charge on any atom is 0.333 e. The number of aliphatic imine (C=N–C) groups is 1. The van der Waals surface area contributed by atoms with Crippen LogP contribution in [0.1, 0.15) is 91.9 Å². The van der Waals surface area contributed by atoms with E-state index in [1.165, 1.54) is 19.3 Å². The monoisotopic (exact) mass is 533 g/mol. The average Bonchev–Trinajstić information content (AvgIpc) is 2.91. The smallest absolute Gasteiger partial charge is 0.333 e. The van der Waals surface area contributed by atoms with E-state index >= 15 is 0 Å². The van der Waals surface area contributed by atoms with Gasteiger partial charge in [0.25, 0.3) is 0 Å². The topological polar surface area (TPSA) is 77.0 Å². The van der Waals surface area contributed by atoms with Gasteiger partial charge in [0.2, 0.25) is 5.91 Å². The second kappa shape index (κ2) is 20.8. The quantitative estimate of drug-likeness (QED) is 0.0993. The number of carbonyl (C=O) groups excluding carboxylic acids is 2. The van der Waals surface area contributed by atoms with Crippen molar-refractivity contribution in [3.63, 3.8) is 0 Å². The van der Waals surface area contributed by atoms with Gasteiger partial charge >= 0.3 is 6.03 Å². The number of hydrogen-bond donors (Lipinski definition) is 2. The minimum absolute atomic E-state index is 0.0136. The number of nitrogens with zero attached hydrogens (tertiary/aromatic N) is 3. The van der Waals surface area contributed by atoms with E-state index in [0.29, 0.717) is 13.1 Å². The summed E-state index contributed by atoms with van der Waals surface area (Å²) in [6, 6.07) is 9.65. The zero-order valence-electron chi connectivity index (χ0n) is 23.9. The Morgan fingerprint density at radius 2 is 1.65 bits per heavy atom. The van der Waals surface area contributed by atoms with Crippen LogP contribution in [0.5, 0.6) is 0 Å². The van der Waals surface area contributed by atoms with E-state index in [4.69, 9.17) is 4.99 Å². The molecule has 2 N–H and O–H groups in total. The lowest BCUT2D eigenvalue weighted by Crippen LogP contribution is -2.50. The highest BCUT2D eigenvalue weighted by molar-refractivity contribution is 8.13. The van der Waals surface area contributed by atoms with Crippen molar-refractivity contribution in [1.29, 1.82) is 0 Å². The third kappa shape index (κ3) is 13.8. The molecular weight excluding hydrogens is 482 g/mol. The van der Waals surface area contributed by atoms with Gasteiger partial charge in [-0.1, -0.05) is 89.8 Å². The summed E-state index contributed by atoms with van der Waals surface area (Å²) in [5.74, 6) is 1.03. The second-order valence-electron chi connectivity index (χ2n) is 9.39. The van der Waals surface area contributed by atoms with Crippen molar-refractivity contribution in [2.45, 2.75) is 91.9 Å². The molecule has 1 aromatic carbocycles. The van der Waals surface area contributed by atoms with Gasteiger partial charge in [0.15, 0.2) is 5.17 Å². The SMILES string of the molecule is CCCCCCCN(NC(=O)NCCC)C(=NCCCC(CCC)C(=O)N(C)c1ccccc1)SCC. The van der Waals surface area contributed by atoms with Gasteiger partial charge in [-0.25, -0.2) is 10.2 Å². The Bertz CT molecular complexity index is 775. The van der Waals surface area contributed by atoms with E-state index in [-0.39, 0.29) is 17.9 Å². The molecule has 37 heavy (non-hydrogen) atoms. The molecule has 1 aromatic rings. The van der Waals surface area contributed by atoms with E-state index in [9.17, 15) is 9.59 Å². The van der Waals surface area contributed by atoms with Gasteiger partial charge in [-0.2, -0.15) is 0 Å². The molecule has 0 aromatic heterocycles. The molecule has 0 aliphatic rings. The lowest BCUT2D eigenvalue weighted by Gasteiger charge is -2.26. The van der Waals surface area contributed by atoms with Gasteiger partial charge in [-0.05, 0) is 50.0 Å². The zero-order valence-corrected chi connectivity index (χ0v) is 24.7. The molecule has 0 bridgehead atoms. The van der Waals surface area contributed by atoms with E-state index in [1.54, 1.807) is 16.7 Å². The summed E-state index contributed by atoms with van der Waals surface area (Å²) in [6.07, 6.45) is 10.2. The molecule has 0 aliphatic heterocycles. The van der Waals surface area contributed by atoms with E-state index in [2.05, 4.69) is 31.5 Å². The van der Waals surface area contributed by atoms with E-state index in [1.807, 2.05) is 49.3 Å². The summed E-state index contributed by atoms with van der Waals surface area (Å²) in [7, 11) is 1.86. The number of benzene rings is 1. The lowest BCUT2D eigenvalue weighted by molar-refractivity contribution is -0.122. The van der Waals surface area contributed by atoms with Crippen LogP contribution >= 0.6 is 11.8 Å². The number of anilines is 1. The molecule has 1 atom stereocenters. The van der Waals surface area contributed by atoms with Gasteiger partial charge in [-0.3, -0.25) is 14.8 Å². The van der Waals surface area contributed by atoms with Gasteiger partial charge in [0, 0.05) is 38.3 Å². The highest BCUT2D eigenvalue weighted by Gasteiger charge is 2.22. The number of amidine groups is 1. The van der Waals surface area contributed by atoms with Gasteiger partial charge in [-0.15, -0.1) is 0 Å². The first-order chi connectivity index (χ1) is 18.0. The van der Waals surface area contributed by atoms with E-state index in [0.717, 1.165) is 68.1 Å². The van der Waals surface area contributed by atoms with Gasteiger partial charge < -0.3 is 10.2 Å². The molecule has 0 saturated carbocycles. The molecule has 1 rings (SSSR count). The van der Waals surface area contributed by atoms with Crippen molar-refractivity contribution < 1.29 is 9.59 Å². The van der Waals surface area contributed by atoms with Crippen LogP contribution < -0.4 is 15.6 Å². The van der Waals surface area contributed by atoms with Crippen LogP contribution in [0.2, 0.25) is 0 Å². The Labute approximate surface area is 230 Å². The number of amides is 3. The number of carbonyl (C=O) groups is 2. The molecule has 3 amide bonds. The summed E-state index contributed by atoms with van der Waals surface area (Å²) in [5, 5.41) is 5.68. The number of urea groups is 1. The lowest BCUT2D eigenvalue weighted by atomic mass is 9.96. The normalized spacial score (nSPS) is 12.2. The van der Waals surface area contributed by atoms with Crippen LogP contribution in [0.3, 0.4) is 0 Å². The Kier molecular flexibility index (Phi) is 18.4. The van der Waals surface area contributed by atoms with E-state index < -0.39 is 0 Å². The van der Waals surface area contributed by atoms with Crippen LogP contribution in [0.15, 0.2) is 35.3 Å². The molecule has 0 spiro atoms. The Morgan fingerprint density at radius 1 is 0.919 bits per heavy atom. The minimum Gasteiger partial charge on any atom is -0.337 e. The predicted molar refractivity (Wildman–Crippen MR) is 160 cm³/mol. The standard InChI is InChI=1S/C29H51N5O2S/c1-6-10-11-12-16-24-34(32-28(36)30-22-8-3)29(37-9-4)31-23-17-19-25(18-7-2)27(35)33(5)26-20-14-13-15-21-26/h13-15,20-21,25H,6-12,16-19,22-24H2,1-5H3,(H2,30,32,36). The Hall–Kier alpha value is -2.22. The maximum absolute atomic E-state index is 13.2. The number of hydrogen-bond acceptors (Lipinski definition) is 4. The van der Waals surface area contributed by atoms with Crippen LogP contribution in [-0.4, -0.2) is 54.5 Å². The first-order valence-electron chi connectivity index (χ1n) is 14.3. The summed E-state index contributed by atoms with van der Waals surface area (Å²) in [6.45, 7) is 10.5. The van der Waals surface area contributed by atoms with Crippen molar-refractivity contribution >= 4 is 34.6 Å². The fourth-order valence-electron chi connectivity index (χ4n) is 4.12. The first kappa shape index (κ1) is 32.8. The second-order valence-corrected chi connectivity index (χ2v) is 10.6. The molecule has 0 fully saturated rings. The third-order valence-electron chi connectivity index (χ3n) is 6.18. The Balaban J connectivity index is 2.81. The molecular formula is C29H51N5O2S. The van der Waals surface area contributed by atoms with Crippen LogP contribution in [-0.2, 0) is 4.79 Å². The highest BCUT2D eigenvalue weighted by Crippen LogP contribution is 2.21. The average molecular weight is 534 g/mol. The summed E-state index contributed by atoms with van der Waals surface area (Å²) in [5.41, 5.74) is 3.95. The van der Waals surface area contributed by atoms with Gasteiger partial charge in [0.1, 0.15) is 0 Å². The number of nitrogens with one attached hydrogen (secondary N) is 2. The van der Waals surface area contributed by atoms with Crippen molar-refractivity contribution in [1.82, 2.24) is 15.8 Å². The molecule has 0 aliphatic carbocycles. The third-order valence-corrected chi connectivity index (χ3v) is 7.08. The highest BCUT2D eigenvalue weighted by atomic mass is 32.2. The van der Waals surface area contributed by atoms with Crippen molar-refractivity contribution in [3.05, 3.63) is 30.3 Å². The van der Waals surface area contributed by atoms with Crippen LogP contribution in [0, 0.1) is 5.92 Å². The number of thioether (sulfide) groups is 1. The molecule has 0 radical (unpaired) electrons.